The lowest BCUT2D eigenvalue weighted by Crippen LogP contribution is -2.11. The summed E-state index contributed by atoms with van der Waals surface area (Å²) in [4.78, 5) is 24.4. The van der Waals surface area contributed by atoms with Gasteiger partial charge in [0, 0.05) is 6.07 Å². The molecule has 0 aromatic heterocycles. The lowest BCUT2D eigenvalue weighted by atomic mass is 10.1. The van der Waals surface area contributed by atoms with Crippen molar-refractivity contribution in [1.82, 2.24) is 0 Å². The number of esters is 2. The van der Waals surface area contributed by atoms with Crippen LogP contribution < -0.4 is 9.47 Å². The first-order valence-electron chi connectivity index (χ1n) is 9.88. The minimum Gasteiger partial charge on any atom is -0.493 e. The Morgan fingerprint density at radius 3 is 2.10 bits per heavy atom. The first-order valence-corrected chi connectivity index (χ1v) is 9.88. The van der Waals surface area contributed by atoms with Crippen LogP contribution in [0.5, 0.6) is 11.5 Å². The standard InChI is InChI=1S/C23H27FO5/c1-3-4-5-6-7-8-15-28-22(25)17-9-11-18(12-10-17)23(26)29-20-14-13-19(24)16-21(20)27-2/h9-14,16H,3-8,15H2,1-2H3. The highest BCUT2D eigenvalue weighted by Gasteiger charge is 2.14. The van der Waals surface area contributed by atoms with Crippen LogP contribution in [-0.4, -0.2) is 25.7 Å². The van der Waals surface area contributed by atoms with Crippen molar-refractivity contribution >= 4 is 11.9 Å². The highest BCUT2D eigenvalue weighted by Crippen LogP contribution is 2.28. The lowest BCUT2D eigenvalue weighted by molar-refractivity contribution is 0.0497. The van der Waals surface area contributed by atoms with E-state index in [1.54, 1.807) is 0 Å². The van der Waals surface area contributed by atoms with Gasteiger partial charge in [0.15, 0.2) is 11.5 Å². The van der Waals surface area contributed by atoms with Crippen LogP contribution >= 0.6 is 0 Å². The van der Waals surface area contributed by atoms with Crippen LogP contribution in [0.2, 0.25) is 0 Å². The average molecular weight is 402 g/mol. The van der Waals surface area contributed by atoms with Crippen molar-refractivity contribution < 1.29 is 28.2 Å². The van der Waals surface area contributed by atoms with Crippen LogP contribution in [-0.2, 0) is 4.74 Å². The molecule has 2 aromatic rings. The van der Waals surface area contributed by atoms with Crippen LogP contribution in [0.4, 0.5) is 4.39 Å². The van der Waals surface area contributed by atoms with E-state index in [0.717, 1.165) is 25.3 Å². The van der Waals surface area contributed by atoms with E-state index >= 15 is 0 Å². The zero-order valence-corrected chi connectivity index (χ0v) is 16.9. The fraction of sp³-hybridized carbons (Fsp3) is 0.391. The molecular formula is C23H27FO5. The Kier molecular flexibility index (Phi) is 9.15. The second-order valence-electron chi connectivity index (χ2n) is 6.67. The second kappa shape index (κ2) is 11.8. The summed E-state index contributed by atoms with van der Waals surface area (Å²) in [6.07, 6.45) is 6.70. The molecule has 0 aliphatic carbocycles. The highest BCUT2D eigenvalue weighted by molar-refractivity contribution is 5.94. The maximum Gasteiger partial charge on any atom is 0.343 e. The molecule has 0 N–H and O–H groups in total. The summed E-state index contributed by atoms with van der Waals surface area (Å²) in [6.45, 7) is 2.56. The Balaban J connectivity index is 1.84. The molecule has 0 bridgehead atoms. The predicted octanol–water partition coefficient (Wildman–Crippen LogP) is 5.57. The molecule has 0 aliphatic heterocycles. The number of carbonyl (C=O) groups is 2. The van der Waals surface area contributed by atoms with E-state index in [1.807, 2.05) is 0 Å². The van der Waals surface area contributed by atoms with Crippen molar-refractivity contribution in [3.05, 3.63) is 59.4 Å². The maximum absolute atomic E-state index is 13.2. The van der Waals surface area contributed by atoms with Crippen molar-refractivity contribution in [1.29, 1.82) is 0 Å². The lowest BCUT2D eigenvalue weighted by Gasteiger charge is -2.09. The summed E-state index contributed by atoms with van der Waals surface area (Å²) < 4.78 is 28.8. The Labute approximate surface area is 170 Å². The highest BCUT2D eigenvalue weighted by atomic mass is 19.1. The van der Waals surface area contributed by atoms with Gasteiger partial charge in [-0.2, -0.15) is 0 Å². The zero-order chi connectivity index (χ0) is 21.1. The molecule has 0 amide bonds. The molecule has 29 heavy (non-hydrogen) atoms. The number of benzene rings is 2. The minimum absolute atomic E-state index is 0.112. The molecule has 0 heterocycles. The van der Waals surface area contributed by atoms with Crippen molar-refractivity contribution in [3.63, 3.8) is 0 Å². The predicted molar refractivity (Wildman–Crippen MR) is 108 cm³/mol. The molecule has 0 radical (unpaired) electrons. The van der Waals surface area contributed by atoms with Crippen LogP contribution in [0.1, 0.15) is 66.2 Å². The molecule has 0 saturated carbocycles. The molecular weight excluding hydrogens is 375 g/mol. The molecule has 0 atom stereocenters. The number of methoxy groups -OCH3 is 1. The Hall–Kier alpha value is -2.89. The molecule has 2 rings (SSSR count). The van der Waals surface area contributed by atoms with Gasteiger partial charge < -0.3 is 14.2 Å². The van der Waals surface area contributed by atoms with E-state index < -0.39 is 17.8 Å². The van der Waals surface area contributed by atoms with E-state index in [9.17, 15) is 14.0 Å². The van der Waals surface area contributed by atoms with Gasteiger partial charge in [0.1, 0.15) is 5.82 Å². The van der Waals surface area contributed by atoms with E-state index in [4.69, 9.17) is 14.2 Å². The summed E-state index contributed by atoms with van der Waals surface area (Å²) in [6, 6.07) is 9.63. The first-order chi connectivity index (χ1) is 14.0. The SMILES string of the molecule is CCCCCCCCOC(=O)c1ccc(C(=O)Oc2ccc(F)cc2OC)cc1. The fourth-order valence-corrected chi connectivity index (χ4v) is 2.76. The van der Waals surface area contributed by atoms with Crippen molar-refractivity contribution in [2.24, 2.45) is 0 Å². The summed E-state index contributed by atoms with van der Waals surface area (Å²) >= 11 is 0. The van der Waals surface area contributed by atoms with Gasteiger partial charge in [0.25, 0.3) is 0 Å². The summed E-state index contributed by atoms with van der Waals surface area (Å²) in [7, 11) is 1.36. The molecule has 0 saturated heterocycles. The van der Waals surface area contributed by atoms with E-state index in [0.29, 0.717) is 12.2 Å². The van der Waals surface area contributed by atoms with Gasteiger partial charge in [-0.1, -0.05) is 39.0 Å². The topological polar surface area (TPSA) is 61.8 Å². The Morgan fingerprint density at radius 1 is 0.828 bits per heavy atom. The molecule has 156 valence electrons. The summed E-state index contributed by atoms with van der Waals surface area (Å²) in [5, 5.41) is 0. The molecule has 2 aromatic carbocycles. The van der Waals surface area contributed by atoms with Crippen LogP contribution in [0, 0.1) is 5.82 Å². The first kappa shape index (κ1) is 22.4. The maximum atomic E-state index is 13.2. The van der Waals surface area contributed by atoms with Gasteiger partial charge in [-0.3, -0.25) is 0 Å². The third-order valence-electron chi connectivity index (χ3n) is 4.42. The molecule has 0 fully saturated rings. The number of rotatable bonds is 11. The van der Waals surface area contributed by atoms with Crippen LogP contribution in [0.15, 0.2) is 42.5 Å². The third-order valence-corrected chi connectivity index (χ3v) is 4.42. The van der Waals surface area contributed by atoms with Crippen LogP contribution in [0.3, 0.4) is 0 Å². The van der Waals surface area contributed by atoms with Crippen molar-refractivity contribution in [2.45, 2.75) is 45.4 Å². The van der Waals surface area contributed by atoms with Gasteiger partial charge in [-0.15, -0.1) is 0 Å². The van der Waals surface area contributed by atoms with E-state index in [-0.39, 0.29) is 17.1 Å². The van der Waals surface area contributed by atoms with Gasteiger partial charge in [-0.25, -0.2) is 14.0 Å². The largest absolute Gasteiger partial charge is 0.493 e. The number of hydrogen-bond acceptors (Lipinski definition) is 5. The van der Waals surface area contributed by atoms with Gasteiger partial charge >= 0.3 is 11.9 Å². The molecule has 0 aliphatic rings. The Bertz CT molecular complexity index is 801. The number of carbonyl (C=O) groups excluding carboxylic acids is 2. The molecule has 5 nitrogen and oxygen atoms in total. The monoisotopic (exact) mass is 402 g/mol. The number of hydrogen-bond donors (Lipinski definition) is 0. The van der Waals surface area contributed by atoms with Crippen molar-refractivity contribution in [3.8, 4) is 11.5 Å². The van der Waals surface area contributed by atoms with Crippen molar-refractivity contribution in [2.75, 3.05) is 13.7 Å². The normalized spacial score (nSPS) is 10.4. The number of ether oxygens (including phenoxy) is 3. The van der Waals surface area contributed by atoms with Gasteiger partial charge in [0.2, 0.25) is 0 Å². The number of unbranched alkanes of at least 4 members (excludes halogenated alkanes) is 5. The number of halogens is 1. The third kappa shape index (κ3) is 7.22. The average Bonchev–Trinajstić information content (AvgIpc) is 2.74. The smallest absolute Gasteiger partial charge is 0.343 e. The van der Waals surface area contributed by atoms with E-state index in [1.165, 1.54) is 62.8 Å². The summed E-state index contributed by atoms with van der Waals surface area (Å²) in [5.41, 5.74) is 0.621. The fourth-order valence-electron chi connectivity index (χ4n) is 2.76. The zero-order valence-electron chi connectivity index (χ0n) is 16.9. The molecule has 0 unspecified atom stereocenters. The molecule has 6 heteroatoms. The quantitative estimate of drug-likeness (QED) is 0.279. The Morgan fingerprint density at radius 2 is 1.45 bits per heavy atom. The summed E-state index contributed by atoms with van der Waals surface area (Å²) in [5.74, 6) is -1.32. The minimum atomic E-state index is -0.637. The van der Waals surface area contributed by atoms with Gasteiger partial charge in [-0.05, 0) is 42.8 Å². The molecule has 0 spiro atoms. The second-order valence-corrected chi connectivity index (χ2v) is 6.67. The van der Waals surface area contributed by atoms with E-state index in [2.05, 4.69) is 6.92 Å². The van der Waals surface area contributed by atoms with Gasteiger partial charge in [0.05, 0.1) is 24.8 Å². The van der Waals surface area contributed by atoms with Crippen LogP contribution in [0.25, 0.3) is 0 Å².